The van der Waals surface area contributed by atoms with Gasteiger partial charge in [0.2, 0.25) is 0 Å². The molecule has 4 aromatic rings. The molecule has 1 saturated carbocycles. The Kier molecular flexibility index (Phi) is 8.00. The zero-order valence-corrected chi connectivity index (χ0v) is 25.1. The van der Waals surface area contributed by atoms with Gasteiger partial charge in [0.15, 0.2) is 0 Å². The van der Waals surface area contributed by atoms with Crippen LogP contribution in [0.4, 0.5) is 0 Å². The lowest BCUT2D eigenvalue weighted by Gasteiger charge is -2.19. The van der Waals surface area contributed by atoms with Gasteiger partial charge >= 0.3 is 5.97 Å². The topological polar surface area (TPSA) is 63.9 Å². The van der Waals surface area contributed by atoms with E-state index in [0.29, 0.717) is 31.4 Å². The lowest BCUT2D eigenvalue weighted by Crippen LogP contribution is -2.25. The molecule has 1 N–H and O–H groups in total. The van der Waals surface area contributed by atoms with Crippen LogP contribution in [-0.2, 0) is 12.0 Å². The number of fused-ring (bicyclic) bond motifs is 1. The average Bonchev–Trinajstić information content (AvgIpc) is 3.54. The molecule has 1 aromatic heterocycles. The first-order chi connectivity index (χ1) is 20.3. The molecule has 0 bridgehead atoms. The van der Waals surface area contributed by atoms with Crippen LogP contribution in [0.1, 0.15) is 68.1 Å². The third-order valence-corrected chi connectivity index (χ3v) is 8.55. The van der Waals surface area contributed by atoms with E-state index in [0.717, 1.165) is 58.7 Å². The van der Waals surface area contributed by atoms with Crippen molar-refractivity contribution in [1.29, 1.82) is 0 Å². The van der Waals surface area contributed by atoms with Crippen molar-refractivity contribution < 1.29 is 19.4 Å². The van der Waals surface area contributed by atoms with Crippen molar-refractivity contribution >= 4 is 16.9 Å². The number of carboxylic acid groups (broad SMARTS) is 1. The van der Waals surface area contributed by atoms with Gasteiger partial charge in [-0.3, -0.25) is 4.90 Å². The van der Waals surface area contributed by atoms with E-state index in [9.17, 15) is 9.90 Å². The van der Waals surface area contributed by atoms with E-state index in [1.54, 1.807) is 0 Å². The summed E-state index contributed by atoms with van der Waals surface area (Å²) in [6, 6.07) is 22.4. The highest BCUT2D eigenvalue weighted by atomic mass is 16.5. The van der Waals surface area contributed by atoms with E-state index in [4.69, 9.17) is 9.47 Å². The molecule has 0 spiro atoms. The molecule has 6 rings (SSSR count). The number of nitrogens with zero attached hydrogens (tertiary/aromatic N) is 2. The van der Waals surface area contributed by atoms with Crippen LogP contribution < -0.4 is 9.47 Å². The van der Waals surface area contributed by atoms with Crippen LogP contribution in [-0.4, -0.2) is 53.4 Å². The molecule has 1 aliphatic heterocycles. The van der Waals surface area contributed by atoms with Crippen molar-refractivity contribution in [3.05, 3.63) is 83.6 Å². The van der Waals surface area contributed by atoms with Crippen molar-refractivity contribution in [2.75, 3.05) is 32.8 Å². The molecule has 0 amide bonds. The van der Waals surface area contributed by atoms with Gasteiger partial charge in [-0.2, -0.15) is 0 Å². The first-order valence-corrected chi connectivity index (χ1v) is 15.3. The normalized spacial score (nSPS) is 15.8. The monoisotopic (exact) mass is 566 g/mol. The zero-order valence-electron chi connectivity index (χ0n) is 25.1. The number of likely N-dealkylation sites (tertiary alicyclic amines) is 1. The molecule has 220 valence electrons. The van der Waals surface area contributed by atoms with Crippen molar-refractivity contribution in [2.24, 2.45) is 5.92 Å². The second kappa shape index (κ2) is 11.8. The Labute approximate surface area is 248 Å². The Balaban J connectivity index is 1.36. The quantitative estimate of drug-likeness (QED) is 0.202. The van der Waals surface area contributed by atoms with Crippen LogP contribution in [0, 0.1) is 5.92 Å². The molecular weight excluding hydrogens is 524 g/mol. The molecule has 6 nitrogen and oxygen atoms in total. The summed E-state index contributed by atoms with van der Waals surface area (Å²) in [5, 5.41) is 11.5. The van der Waals surface area contributed by atoms with E-state index in [1.807, 2.05) is 47.0 Å². The number of hydrogen-bond acceptors (Lipinski definition) is 4. The maximum Gasteiger partial charge on any atom is 0.353 e. The lowest BCUT2D eigenvalue weighted by atomic mass is 9.86. The Morgan fingerprint density at radius 3 is 2.29 bits per heavy atom. The van der Waals surface area contributed by atoms with E-state index in [2.05, 4.69) is 49.9 Å². The molecule has 42 heavy (non-hydrogen) atoms. The smallest absolute Gasteiger partial charge is 0.353 e. The summed E-state index contributed by atoms with van der Waals surface area (Å²) >= 11 is 0. The molecule has 2 fully saturated rings. The summed E-state index contributed by atoms with van der Waals surface area (Å²) in [6.45, 7) is 11.5. The molecule has 2 aliphatic rings. The van der Waals surface area contributed by atoms with Gasteiger partial charge in [-0.25, -0.2) is 4.79 Å². The van der Waals surface area contributed by atoms with Gasteiger partial charge in [-0.15, -0.1) is 0 Å². The largest absolute Gasteiger partial charge is 0.493 e. The van der Waals surface area contributed by atoms with Crippen LogP contribution >= 0.6 is 0 Å². The number of benzene rings is 3. The molecule has 0 atom stereocenters. The minimum atomic E-state index is -0.940. The second-order valence-corrected chi connectivity index (χ2v) is 12.9. The Bertz CT molecular complexity index is 1550. The maximum absolute atomic E-state index is 12.9. The van der Waals surface area contributed by atoms with Gasteiger partial charge in [0, 0.05) is 35.6 Å². The summed E-state index contributed by atoms with van der Waals surface area (Å²) in [4.78, 5) is 15.4. The highest BCUT2D eigenvalue weighted by Crippen LogP contribution is 2.37. The predicted molar refractivity (Wildman–Crippen MR) is 168 cm³/mol. The van der Waals surface area contributed by atoms with Gasteiger partial charge in [0.05, 0.1) is 6.61 Å². The number of aromatic carboxylic acids is 1. The Morgan fingerprint density at radius 1 is 0.929 bits per heavy atom. The third kappa shape index (κ3) is 6.34. The number of carboxylic acids is 1. The number of para-hydroxylation sites is 1. The molecule has 2 heterocycles. The molecular formula is C36H42N2O4. The Hall–Kier alpha value is -3.77. The second-order valence-electron chi connectivity index (χ2n) is 12.9. The Morgan fingerprint density at radius 2 is 1.62 bits per heavy atom. The van der Waals surface area contributed by atoms with Crippen molar-refractivity contribution in [1.82, 2.24) is 9.47 Å². The number of aromatic nitrogens is 1. The molecule has 1 aliphatic carbocycles. The fraction of sp³-hybridized carbons (Fsp3) is 0.417. The summed E-state index contributed by atoms with van der Waals surface area (Å²) in [5.74, 6) is 1.24. The van der Waals surface area contributed by atoms with Gasteiger partial charge in [-0.1, -0.05) is 63.2 Å². The summed E-state index contributed by atoms with van der Waals surface area (Å²) < 4.78 is 14.4. The SMILES string of the molecule is CC(C)(C)c1ccc(-c2c(C(=O)O)n(Cc3cc(OCCN4CCCC4)cc(OCC4CC4)c3)c3ccccc23)cc1. The minimum Gasteiger partial charge on any atom is -0.493 e. The lowest BCUT2D eigenvalue weighted by molar-refractivity contribution is 0.0687. The van der Waals surface area contributed by atoms with Crippen molar-refractivity contribution in [3.8, 4) is 22.6 Å². The van der Waals surface area contributed by atoms with Crippen molar-refractivity contribution in [3.63, 3.8) is 0 Å². The van der Waals surface area contributed by atoms with Crippen LogP contribution in [0.2, 0.25) is 0 Å². The van der Waals surface area contributed by atoms with E-state index in [1.165, 1.54) is 31.2 Å². The minimum absolute atomic E-state index is 0.0169. The number of hydrogen-bond donors (Lipinski definition) is 1. The summed E-state index contributed by atoms with van der Waals surface area (Å²) in [5.41, 5.74) is 5.03. The van der Waals surface area contributed by atoms with Gasteiger partial charge < -0.3 is 19.1 Å². The van der Waals surface area contributed by atoms with Crippen molar-refractivity contribution in [2.45, 2.75) is 58.4 Å². The zero-order chi connectivity index (χ0) is 29.3. The molecule has 0 radical (unpaired) electrons. The predicted octanol–water partition coefficient (Wildman–Crippen LogP) is 7.62. The van der Waals surface area contributed by atoms with E-state index >= 15 is 0 Å². The molecule has 1 saturated heterocycles. The fourth-order valence-electron chi connectivity index (χ4n) is 5.99. The highest BCUT2D eigenvalue weighted by molar-refractivity contribution is 6.08. The van der Waals surface area contributed by atoms with Crippen LogP contribution in [0.15, 0.2) is 66.7 Å². The standard InChI is InChI=1S/C36H42N2O4/c1-36(2,3)28-14-12-27(13-15-28)33-31-8-4-5-9-32(31)38(34(33)35(39)40)23-26-20-29(41-19-18-37-16-6-7-17-37)22-30(21-26)42-24-25-10-11-25/h4-5,8-9,12-15,20-22,25H,6-7,10-11,16-19,23-24H2,1-3H3,(H,39,40). The first kappa shape index (κ1) is 28.4. The summed E-state index contributed by atoms with van der Waals surface area (Å²) in [7, 11) is 0. The molecule has 0 unspecified atom stereocenters. The summed E-state index contributed by atoms with van der Waals surface area (Å²) in [6.07, 6.45) is 4.95. The number of rotatable bonds is 11. The number of carbonyl (C=O) groups is 1. The van der Waals surface area contributed by atoms with E-state index < -0.39 is 5.97 Å². The van der Waals surface area contributed by atoms with E-state index in [-0.39, 0.29) is 5.41 Å². The third-order valence-electron chi connectivity index (χ3n) is 8.55. The number of ether oxygens (including phenoxy) is 2. The fourth-order valence-corrected chi connectivity index (χ4v) is 5.99. The van der Waals surface area contributed by atoms with Gasteiger partial charge in [0.1, 0.15) is 23.8 Å². The van der Waals surface area contributed by atoms with Crippen LogP contribution in [0.5, 0.6) is 11.5 Å². The molecule has 3 aromatic carbocycles. The first-order valence-electron chi connectivity index (χ1n) is 15.3. The molecule has 6 heteroatoms. The van der Waals surface area contributed by atoms with Crippen LogP contribution in [0.3, 0.4) is 0 Å². The van der Waals surface area contributed by atoms with Gasteiger partial charge in [-0.05, 0) is 85.0 Å². The highest BCUT2D eigenvalue weighted by Gasteiger charge is 2.25. The van der Waals surface area contributed by atoms with Gasteiger partial charge in [0.25, 0.3) is 0 Å². The maximum atomic E-state index is 12.9. The average molecular weight is 567 g/mol. The van der Waals surface area contributed by atoms with Crippen LogP contribution in [0.25, 0.3) is 22.0 Å².